The molecule has 1 aromatic carbocycles. The maximum atomic E-state index is 13.3. The highest BCUT2D eigenvalue weighted by atomic mass is 19.1. The smallest absolute Gasteiger partial charge is 0.527 e. The molecule has 0 spiro atoms. The van der Waals surface area contributed by atoms with E-state index in [-0.39, 0.29) is 12.1 Å². The Labute approximate surface area is 70.1 Å². The fourth-order valence-corrected chi connectivity index (χ4v) is 1.38. The molecule has 1 heterocycles. The van der Waals surface area contributed by atoms with Crippen LogP contribution in [-0.4, -0.2) is 12.1 Å². The van der Waals surface area contributed by atoms with E-state index in [1.54, 1.807) is 19.1 Å². The Balaban J connectivity index is 2.54. The monoisotopic (exact) mass is 166 g/mol. The summed E-state index contributed by atoms with van der Waals surface area (Å²) in [4.78, 5) is 0. The minimum absolute atomic E-state index is 0.253. The lowest BCUT2D eigenvalue weighted by molar-refractivity contribution is 0.431. The summed E-state index contributed by atoms with van der Waals surface area (Å²) in [6.07, 6.45) is 0.253. The largest absolute Gasteiger partial charge is 0.536 e. The molecule has 0 fully saturated rings. The van der Waals surface area contributed by atoms with E-state index in [4.69, 9.17) is 9.68 Å². The van der Waals surface area contributed by atoms with Crippen molar-refractivity contribution in [2.24, 2.45) is 0 Å². The summed E-state index contributed by atoms with van der Waals surface area (Å²) >= 11 is 0. The van der Waals surface area contributed by atoms with Crippen molar-refractivity contribution in [2.45, 2.75) is 13.2 Å². The van der Waals surface area contributed by atoms with Crippen molar-refractivity contribution in [3.63, 3.8) is 0 Å². The van der Waals surface area contributed by atoms with Gasteiger partial charge in [0.2, 0.25) is 0 Å². The second-order valence-electron chi connectivity index (χ2n) is 2.95. The molecular weight excluding hydrogens is 158 g/mol. The van der Waals surface area contributed by atoms with E-state index in [0.29, 0.717) is 16.9 Å². The van der Waals surface area contributed by atoms with Gasteiger partial charge in [-0.2, -0.15) is 0 Å². The van der Waals surface area contributed by atoms with Gasteiger partial charge in [0.1, 0.15) is 11.6 Å². The Hall–Kier alpha value is -1.03. The molecule has 12 heavy (non-hydrogen) atoms. The standard InChI is InChI=1S/C8H8BFO2/c1-5-2-3-7-6(8(5)10)4-9(11)12-7/h2-3,11H,4H2,1H3. The number of halogens is 1. The summed E-state index contributed by atoms with van der Waals surface area (Å²) in [6, 6.07) is 3.33. The van der Waals surface area contributed by atoms with Gasteiger partial charge >= 0.3 is 7.12 Å². The van der Waals surface area contributed by atoms with Gasteiger partial charge in [-0.25, -0.2) is 4.39 Å². The number of benzene rings is 1. The SMILES string of the molecule is Cc1ccc2c(c1F)CB(O)O2. The summed E-state index contributed by atoms with van der Waals surface area (Å²) in [5.74, 6) is 0.203. The second kappa shape index (κ2) is 2.49. The quantitative estimate of drug-likeness (QED) is 0.584. The third-order valence-electron chi connectivity index (χ3n) is 2.04. The third-order valence-corrected chi connectivity index (χ3v) is 2.04. The van der Waals surface area contributed by atoms with Crippen molar-refractivity contribution in [2.75, 3.05) is 0 Å². The van der Waals surface area contributed by atoms with Crippen LogP contribution in [0, 0.1) is 12.7 Å². The normalized spacial score (nSPS) is 14.4. The fraction of sp³-hybridized carbons (Fsp3) is 0.250. The Bertz CT molecular complexity index is 327. The van der Waals surface area contributed by atoms with Crippen molar-refractivity contribution in [3.05, 3.63) is 29.1 Å². The first-order valence-corrected chi connectivity index (χ1v) is 3.81. The summed E-state index contributed by atoms with van der Waals surface area (Å²) in [7, 11) is -0.878. The molecule has 0 aromatic heterocycles. The molecule has 0 atom stereocenters. The van der Waals surface area contributed by atoms with E-state index in [1.165, 1.54) is 0 Å². The van der Waals surface area contributed by atoms with E-state index in [0.717, 1.165) is 0 Å². The lowest BCUT2D eigenvalue weighted by atomic mass is 9.84. The van der Waals surface area contributed by atoms with Gasteiger partial charge in [-0.3, -0.25) is 0 Å². The maximum absolute atomic E-state index is 13.3. The topological polar surface area (TPSA) is 29.5 Å². The Morgan fingerprint density at radius 1 is 1.58 bits per heavy atom. The minimum atomic E-state index is -0.878. The highest BCUT2D eigenvalue weighted by Gasteiger charge is 2.29. The van der Waals surface area contributed by atoms with Crippen molar-refractivity contribution >= 4 is 7.12 Å². The van der Waals surface area contributed by atoms with Crippen molar-refractivity contribution in [3.8, 4) is 5.75 Å². The molecule has 1 N–H and O–H groups in total. The van der Waals surface area contributed by atoms with Gasteiger partial charge in [-0.1, -0.05) is 6.07 Å². The summed E-state index contributed by atoms with van der Waals surface area (Å²) in [5, 5.41) is 9.08. The molecule has 0 unspecified atom stereocenters. The molecule has 0 amide bonds. The summed E-state index contributed by atoms with van der Waals surface area (Å²) in [5.41, 5.74) is 1.08. The van der Waals surface area contributed by atoms with Crippen LogP contribution in [0.1, 0.15) is 11.1 Å². The maximum Gasteiger partial charge on any atom is 0.527 e. The second-order valence-corrected chi connectivity index (χ2v) is 2.95. The molecule has 0 bridgehead atoms. The van der Waals surface area contributed by atoms with Gasteiger partial charge in [0.05, 0.1) is 0 Å². The molecule has 0 saturated carbocycles. The molecule has 4 heteroatoms. The molecule has 1 aliphatic heterocycles. The highest BCUT2D eigenvalue weighted by Crippen LogP contribution is 2.30. The first-order valence-electron chi connectivity index (χ1n) is 3.81. The molecule has 0 aliphatic carbocycles. The third kappa shape index (κ3) is 0.993. The van der Waals surface area contributed by atoms with Gasteiger partial charge in [0.15, 0.2) is 0 Å². The van der Waals surface area contributed by atoms with Gasteiger partial charge in [0, 0.05) is 11.9 Å². The van der Waals surface area contributed by atoms with E-state index in [9.17, 15) is 4.39 Å². The highest BCUT2D eigenvalue weighted by molar-refractivity contribution is 6.44. The number of aryl methyl sites for hydroxylation is 1. The van der Waals surface area contributed by atoms with Crippen LogP contribution >= 0.6 is 0 Å². The number of hydrogen-bond donors (Lipinski definition) is 1. The van der Waals surface area contributed by atoms with E-state index in [1.807, 2.05) is 0 Å². The van der Waals surface area contributed by atoms with Crippen LogP contribution in [-0.2, 0) is 6.32 Å². The molecule has 1 aliphatic rings. The Kier molecular flexibility index (Phi) is 1.58. The molecular formula is C8H8BFO2. The Morgan fingerprint density at radius 3 is 3.08 bits per heavy atom. The molecule has 62 valence electrons. The zero-order chi connectivity index (χ0) is 8.72. The van der Waals surface area contributed by atoms with Crippen LogP contribution in [0.2, 0.25) is 0 Å². The predicted molar refractivity (Wildman–Crippen MR) is 43.4 cm³/mol. The summed E-state index contributed by atoms with van der Waals surface area (Å²) in [6.45, 7) is 1.69. The molecule has 0 saturated heterocycles. The number of rotatable bonds is 0. The van der Waals surface area contributed by atoms with E-state index < -0.39 is 7.12 Å². The van der Waals surface area contributed by atoms with Gasteiger partial charge in [-0.05, 0) is 18.6 Å². The van der Waals surface area contributed by atoms with Gasteiger partial charge in [-0.15, -0.1) is 0 Å². The van der Waals surface area contributed by atoms with Gasteiger partial charge in [0.25, 0.3) is 0 Å². The first-order chi connectivity index (χ1) is 5.68. The lowest BCUT2D eigenvalue weighted by Crippen LogP contribution is -2.17. The lowest BCUT2D eigenvalue weighted by Gasteiger charge is -2.02. The molecule has 2 nitrogen and oxygen atoms in total. The van der Waals surface area contributed by atoms with Crippen molar-refractivity contribution < 1.29 is 14.1 Å². The molecule has 1 aromatic rings. The van der Waals surface area contributed by atoms with Crippen LogP contribution in [0.4, 0.5) is 4.39 Å². The van der Waals surface area contributed by atoms with E-state index in [2.05, 4.69) is 0 Å². The zero-order valence-electron chi connectivity index (χ0n) is 6.67. The average molecular weight is 166 g/mol. The number of fused-ring (bicyclic) bond motifs is 1. The van der Waals surface area contributed by atoms with Crippen LogP contribution < -0.4 is 4.65 Å². The van der Waals surface area contributed by atoms with Crippen LogP contribution in [0.5, 0.6) is 5.75 Å². The molecule has 2 rings (SSSR count). The average Bonchev–Trinajstić information content (AvgIpc) is 2.39. The minimum Gasteiger partial charge on any atom is -0.536 e. The first kappa shape index (κ1) is 7.62. The fourth-order valence-electron chi connectivity index (χ4n) is 1.38. The predicted octanol–water partition coefficient (Wildman–Crippen LogP) is 1.09. The number of hydrogen-bond acceptors (Lipinski definition) is 2. The van der Waals surface area contributed by atoms with Gasteiger partial charge < -0.3 is 9.68 Å². The van der Waals surface area contributed by atoms with E-state index >= 15 is 0 Å². The zero-order valence-corrected chi connectivity index (χ0v) is 6.67. The molecule has 0 radical (unpaired) electrons. The van der Waals surface area contributed by atoms with Crippen molar-refractivity contribution in [1.82, 2.24) is 0 Å². The van der Waals surface area contributed by atoms with Crippen LogP contribution in [0.3, 0.4) is 0 Å². The summed E-state index contributed by atoms with van der Waals surface area (Å²) < 4.78 is 18.2. The van der Waals surface area contributed by atoms with Crippen LogP contribution in [0.25, 0.3) is 0 Å². The van der Waals surface area contributed by atoms with Crippen LogP contribution in [0.15, 0.2) is 12.1 Å². The van der Waals surface area contributed by atoms with Crippen molar-refractivity contribution in [1.29, 1.82) is 0 Å². The Morgan fingerprint density at radius 2 is 2.33 bits per heavy atom.